The third kappa shape index (κ3) is 2.69. The Morgan fingerprint density at radius 3 is 2.82 bits per heavy atom. The summed E-state index contributed by atoms with van der Waals surface area (Å²) in [6.07, 6.45) is 4.92. The minimum atomic E-state index is -0.267. The van der Waals surface area contributed by atoms with Gasteiger partial charge in [-0.25, -0.2) is 4.79 Å². The lowest BCUT2D eigenvalue weighted by Gasteiger charge is -2.22. The van der Waals surface area contributed by atoms with Crippen molar-refractivity contribution in [1.29, 1.82) is 0 Å². The van der Waals surface area contributed by atoms with Crippen LogP contribution >= 0.6 is 0 Å². The summed E-state index contributed by atoms with van der Waals surface area (Å²) in [5.41, 5.74) is 0.683. The summed E-state index contributed by atoms with van der Waals surface area (Å²) in [4.78, 5) is 11.5. The molecule has 0 unspecified atom stereocenters. The van der Waals surface area contributed by atoms with Crippen molar-refractivity contribution in [2.24, 2.45) is 0 Å². The quantitative estimate of drug-likeness (QED) is 0.543. The van der Waals surface area contributed by atoms with E-state index in [0.29, 0.717) is 12.0 Å². The van der Waals surface area contributed by atoms with E-state index < -0.39 is 0 Å². The minimum Gasteiger partial charge on any atom is -0.466 e. The van der Waals surface area contributed by atoms with Gasteiger partial charge >= 0.3 is 5.97 Å². The molecule has 0 N–H and O–H groups in total. The van der Waals surface area contributed by atoms with E-state index in [1.807, 2.05) is 6.08 Å². The molecule has 1 heterocycles. The zero-order valence-electron chi connectivity index (χ0n) is 10.6. The second kappa shape index (κ2) is 5.19. The monoisotopic (exact) mass is 240 g/mol. The second-order valence-electron chi connectivity index (χ2n) is 4.57. The van der Waals surface area contributed by atoms with Gasteiger partial charge in [-0.3, -0.25) is 0 Å². The topological polar surface area (TPSA) is 48.1 Å². The van der Waals surface area contributed by atoms with Crippen molar-refractivity contribution in [2.75, 3.05) is 7.11 Å². The van der Waals surface area contributed by atoms with Crippen LogP contribution in [0, 0.1) is 0 Å². The van der Waals surface area contributed by atoms with Crippen LogP contribution in [-0.2, 0) is 19.0 Å². The first kappa shape index (κ1) is 12.6. The van der Waals surface area contributed by atoms with Gasteiger partial charge in [-0.15, -0.1) is 0 Å². The highest BCUT2D eigenvalue weighted by molar-refractivity contribution is 5.89. The Labute approximate surface area is 102 Å². The molecule has 3 atom stereocenters. The van der Waals surface area contributed by atoms with Gasteiger partial charge in [-0.05, 0) is 18.9 Å². The van der Waals surface area contributed by atoms with E-state index in [0.717, 1.165) is 12.8 Å². The molecule has 0 spiro atoms. The Kier molecular flexibility index (Phi) is 3.84. The van der Waals surface area contributed by atoms with Gasteiger partial charge in [0.15, 0.2) is 0 Å². The summed E-state index contributed by atoms with van der Waals surface area (Å²) in [5.74, 6) is -0.267. The van der Waals surface area contributed by atoms with Crippen molar-refractivity contribution < 1.29 is 19.0 Å². The highest BCUT2D eigenvalue weighted by Crippen LogP contribution is 2.38. The molecule has 2 aliphatic rings. The largest absolute Gasteiger partial charge is 0.466 e. The fraction of sp³-hybridized carbons (Fsp3) is 0.769. The molecule has 0 amide bonds. The van der Waals surface area contributed by atoms with Crippen LogP contribution in [0.1, 0.15) is 33.1 Å². The number of esters is 1. The number of carbonyl (C=O) groups excluding carboxylic acids is 1. The van der Waals surface area contributed by atoms with Crippen LogP contribution in [0.15, 0.2) is 11.6 Å². The summed E-state index contributed by atoms with van der Waals surface area (Å²) in [6.45, 7) is 4.21. The summed E-state index contributed by atoms with van der Waals surface area (Å²) in [5, 5.41) is 0. The molecular formula is C13H20O4. The third-order valence-electron chi connectivity index (χ3n) is 3.44. The Bertz CT molecular complexity index is 319. The Morgan fingerprint density at radius 1 is 1.53 bits per heavy atom. The van der Waals surface area contributed by atoms with E-state index in [9.17, 15) is 4.79 Å². The number of hydrogen-bond acceptors (Lipinski definition) is 4. The van der Waals surface area contributed by atoms with Crippen LogP contribution in [-0.4, -0.2) is 37.5 Å². The van der Waals surface area contributed by atoms with Gasteiger partial charge in [0.1, 0.15) is 12.2 Å². The maximum Gasteiger partial charge on any atom is 0.333 e. The summed E-state index contributed by atoms with van der Waals surface area (Å²) in [6, 6.07) is 0. The van der Waals surface area contributed by atoms with Crippen LogP contribution in [0.4, 0.5) is 0 Å². The molecule has 4 heteroatoms. The lowest BCUT2D eigenvalue weighted by atomic mass is 9.97. The van der Waals surface area contributed by atoms with Gasteiger partial charge in [-0.1, -0.05) is 13.8 Å². The fourth-order valence-electron chi connectivity index (χ4n) is 2.29. The molecule has 0 aromatic rings. The zero-order valence-corrected chi connectivity index (χ0v) is 10.6. The zero-order chi connectivity index (χ0) is 12.4. The SMILES string of the molecule is CCC(CC)O[C@H]1C=C(C(=O)OC)C[C@H]2O[C@@H]12. The summed E-state index contributed by atoms with van der Waals surface area (Å²) < 4.78 is 16.2. The Morgan fingerprint density at radius 2 is 2.24 bits per heavy atom. The van der Waals surface area contributed by atoms with E-state index in [1.54, 1.807) is 0 Å². The van der Waals surface area contributed by atoms with Crippen molar-refractivity contribution in [3.05, 3.63) is 11.6 Å². The van der Waals surface area contributed by atoms with E-state index in [4.69, 9.17) is 14.2 Å². The normalized spacial score (nSPS) is 30.8. The van der Waals surface area contributed by atoms with Crippen molar-refractivity contribution in [3.63, 3.8) is 0 Å². The molecule has 4 nitrogen and oxygen atoms in total. The number of fused-ring (bicyclic) bond motifs is 1. The number of carbonyl (C=O) groups is 1. The first-order valence-corrected chi connectivity index (χ1v) is 6.29. The van der Waals surface area contributed by atoms with Crippen LogP contribution in [0.5, 0.6) is 0 Å². The highest BCUT2D eigenvalue weighted by atomic mass is 16.6. The molecule has 0 saturated carbocycles. The molecule has 0 bridgehead atoms. The Balaban J connectivity index is 2.03. The van der Waals surface area contributed by atoms with Gasteiger partial charge in [-0.2, -0.15) is 0 Å². The number of hydrogen-bond donors (Lipinski definition) is 0. The van der Waals surface area contributed by atoms with Crippen molar-refractivity contribution in [2.45, 2.75) is 57.5 Å². The lowest BCUT2D eigenvalue weighted by molar-refractivity contribution is -0.136. The van der Waals surface area contributed by atoms with E-state index in [-0.39, 0.29) is 30.4 Å². The van der Waals surface area contributed by atoms with Gasteiger partial charge < -0.3 is 14.2 Å². The van der Waals surface area contributed by atoms with Crippen molar-refractivity contribution >= 4 is 5.97 Å². The number of rotatable bonds is 5. The molecule has 1 saturated heterocycles. The molecule has 2 rings (SSSR count). The smallest absolute Gasteiger partial charge is 0.333 e. The standard InChI is InChI=1S/C13H20O4/c1-4-9(5-2)16-10-6-8(13(14)15-3)7-11-12(10)17-11/h6,9-12H,4-5,7H2,1-3H3/t10-,11+,12-/m0/s1. The number of epoxide rings is 1. The first-order chi connectivity index (χ1) is 8.19. The summed E-state index contributed by atoms with van der Waals surface area (Å²) in [7, 11) is 1.40. The molecular weight excluding hydrogens is 220 g/mol. The first-order valence-electron chi connectivity index (χ1n) is 6.29. The molecule has 0 radical (unpaired) electrons. The maximum atomic E-state index is 11.5. The molecule has 17 heavy (non-hydrogen) atoms. The van der Waals surface area contributed by atoms with Gasteiger partial charge in [0.25, 0.3) is 0 Å². The lowest BCUT2D eigenvalue weighted by Crippen LogP contribution is -2.29. The van der Waals surface area contributed by atoms with Gasteiger partial charge in [0.2, 0.25) is 0 Å². The number of methoxy groups -OCH3 is 1. The van der Waals surface area contributed by atoms with Gasteiger partial charge in [0, 0.05) is 12.0 Å². The highest BCUT2D eigenvalue weighted by Gasteiger charge is 2.49. The molecule has 1 fully saturated rings. The minimum absolute atomic E-state index is 0.0900. The summed E-state index contributed by atoms with van der Waals surface area (Å²) >= 11 is 0. The second-order valence-corrected chi connectivity index (χ2v) is 4.57. The van der Waals surface area contributed by atoms with E-state index in [2.05, 4.69) is 13.8 Å². The molecule has 1 aliphatic carbocycles. The molecule has 1 aliphatic heterocycles. The van der Waals surface area contributed by atoms with E-state index >= 15 is 0 Å². The molecule has 96 valence electrons. The fourth-order valence-corrected chi connectivity index (χ4v) is 2.29. The third-order valence-corrected chi connectivity index (χ3v) is 3.44. The average Bonchev–Trinajstić information content (AvgIpc) is 3.13. The number of ether oxygens (including phenoxy) is 3. The predicted octanol–water partition coefficient (Wildman–Crippen LogP) is 1.83. The average molecular weight is 240 g/mol. The van der Waals surface area contributed by atoms with E-state index in [1.165, 1.54) is 7.11 Å². The molecule has 0 aromatic heterocycles. The maximum absolute atomic E-state index is 11.5. The van der Waals surface area contributed by atoms with Gasteiger partial charge in [0.05, 0.1) is 19.3 Å². The van der Waals surface area contributed by atoms with Crippen molar-refractivity contribution in [1.82, 2.24) is 0 Å². The van der Waals surface area contributed by atoms with Crippen LogP contribution in [0.25, 0.3) is 0 Å². The Hall–Kier alpha value is -0.870. The van der Waals surface area contributed by atoms with Crippen LogP contribution in [0.2, 0.25) is 0 Å². The van der Waals surface area contributed by atoms with Crippen molar-refractivity contribution in [3.8, 4) is 0 Å². The molecule has 0 aromatic carbocycles. The van der Waals surface area contributed by atoms with Crippen LogP contribution < -0.4 is 0 Å². The van der Waals surface area contributed by atoms with Crippen LogP contribution in [0.3, 0.4) is 0 Å². The predicted molar refractivity (Wildman–Crippen MR) is 62.6 cm³/mol.